The largest absolute Gasteiger partial charge is 0.459 e. The second-order valence-electron chi connectivity index (χ2n) is 4.18. The van der Waals surface area contributed by atoms with Crippen molar-refractivity contribution in [1.29, 1.82) is 0 Å². The van der Waals surface area contributed by atoms with Gasteiger partial charge in [-0.1, -0.05) is 0 Å². The van der Waals surface area contributed by atoms with Crippen molar-refractivity contribution in [2.75, 3.05) is 33.3 Å². The number of hydrogen-bond donors (Lipinski definition) is 1. The van der Waals surface area contributed by atoms with Gasteiger partial charge in [-0.05, 0) is 45.8 Å². The van der Waals surface area contributed by atoms with Crippen LogP contribution in [0.2, 0.25) is 0 Å². The van der Waals surface area contributed by atoms with Gasteiger partial charge in [-0.2, -0.15) is 0 Å². The Morgan fingerprint density at radius 2 is 2.00 bits per heavy atom. The highest BCUT2D eigenvalue weighted by Crippen LogP contribution is 2.14. The fourth-order valence-electron chi connectivity index (χ4n) is 1.77. The molecule has 1 aliphatic rings. The van der Waals surface area contributed by atoms with Gasteiger partial charge in [0.1, 0.15) is 0 Å². The van der Waals surface area contributed by atoms with Crippen LogP contribution in [-0.4, -0.2) is 50.1 Å². The summed E-state index contributed by atoms with van der Waals surface area (Å²) in [5.41, 5.74) is 0. The van der Waals surface area contributed by atoms with Gasteiger partial charge in [-0.25, -0.2) is 4.79 Å². The zero-order chi connectivity index (χ0) is 12.0. The molecule has 0 aliphatic carbocycles. The molecular weight excluding hydrogens is 208 g/mol. The first-order chi connectivity index (χ1) is 7.63. The number of ether oxygens (including phenoxy) is 1. The normalized spacial score (nSPS) is 18.1. The van der Waals surface area contributed by atoms with Crippen molar-refractivity contribution < 1.29 is 14.3 Å². The summed E-state index contributed by atoms with van der Waals surface area (Å²) in [5.74, 6) is -0.925. The molecule has 1 N–H and O–H groups in total. The molecule has 0 saturated carbocycles. The summed E-state index contributed by atoms with van der Waals surface area (Å²) < 4.78 is 4.60. The number of nitrogens with one attached hydrogen (secondary N) is 1. The molecule has 5 nitrogen and oxygen atoms in total. The summed E-state index contributed by atoms with van der Waals surface area (Å²) in [5, 5.41) is 2.62. The van der Waals surface area contributed by atoms with Crippen molar-refractivity contribution in [3.05, 3.63) is 0 Å². The molecule has 1 fully saturated rings. The summed E-state index contributed by atoms with van der Waals surface area (Å²) in [6.45, 7) is 4.61. The second kappa shape index (κ2) is 6.48. The van der Waals surface area contributed by atoms with E-state index in [4.69, 9.17) is 0 Å². The Morgan fingerprint density at radius 3 is 2.56 bits per heavy atom. The van der Waals surface area contributed by atoms with Crippen molar-refractivity contribution in [3.8, 4) is 0 Å². The predicted octanol–water partition coefficient (Wildman–Crippen LogP) is 0.00750. The molecule has 0 aromatic carbocycles. The van der Waals surface area contributed by atoms with E-state index < -0.39 is 11.9 Å². The fraction of sp³-hybridized carbons (Fsp3) is 0.818. The number of amides is 1. The van der Waals surface area contributed by atoms with Gasteiger partial charge in [0.15, 0.2) is 0 Å². The van der Waals surface area contributed by atoms with E-state index >= 15 is 0 Å². The van der Waals surface area contributed by atoms with Gasteiger partial charge in [0.05, 0.1) is 6.61 Å². The van der Waals surface area contributed by atoms with Crippen LogP contribution in [0, 0.1) is 5.92 Å². The fourth-order valence-corrected chi connectivity index (χ4v) is 1.77. The Hall–Kier alpha value is -1.10. The average molecular weight is 228 g/mol. The van der Waals surface area contributed by atoms with E-state index in [0.29, 0.717) is 12.5 Å². The highest BCUT2D eigenvalue weighted by Gasteiger charge is 2.19. The molecular formula is C11H20N2O3. The SMILES string of the molecule is CCOC(=O)C(=O)NCC1CCN(C)CC1. The zero-order valence-electron chi connectivity index (χ0n) is 9.99. The molecule has 1 saturated heterocycles. The second-order valence-corrected chi connectivity index (χ2v) is 4.18. The van der Waals surface area contributed by atoms with Gasteiger partial charge < -0.3 is 15.0 Å². The molecule has 0 atom stereocenters. The summed E-state index contributed by atoms with van der Waals surface area (Å²) in [4.78, 5) is 24.5. The van der Waals surface area contributed by atoms with Gasteiger partial charge in [-0.3, -0.25) is 4.79 Å². The third-order valence-corrected chi connectivity index (χ3v) is 2.85. The minimum atomic E-state index is -0.782. The van der Waals surface area contributed by atoms with Crippen molar-refractivity contribution in [1.82, 2.24) is 10.2 Å². The van der Waals surface area contributed by atoms with Crippen LogP contribution in [-0.2, 0) is 14.3 Å². The Kier molecular flexibility index (Phi) is 5.25. The lowest BCUT2D eigenvalue weighted by molar-refractivity contribution is -0.154. The average Bonchev–Trinajstić information content (AvgIpc) is 2.28. The van der Waals surface area contributed by atoms with Gasteiger partial charge in [0.25, 0.3) is 0 Å². The number of nitrogens with zero attached hydrogens (tertiary/aromatic N) is 1. The summed E-state index contributed by atoms with van der Waals surface area (Å²) >= 11 is 0. The number of carbonyl (C=O) groups excluding carboxylic acids is 2. The Morgan fingerprint density at radius 1 is 1.38 bits per heavy atom. The number of esters is 1. The molecule has 0 unspecified atom stereocenters. The molecule has 0 aromatic heterocycles. The first-order valence-electron chi connectivity index (χ1n) is 5.77. The van der Waals surface area contributed by atoms with Crippen molar-refractivity contribution >= 4 is 11.9 Å². The predicted molar refractivity (Wildman–Crippen MR) is 59.9 cm³/mol. The first-order valence-corrected chi connectivity index (χ1v) is 5.77. The van der Waals surface area contributed by atoms with E-state index in [9.17, 15) is 9.59 Å². The third-order valence-electron chi connectivity index (χ3n) is 2.85. The maximum Gasteiger partial charge on any atom is 0.396 e. The van der Waals surface area contributed by atoms with Crippen LogP contribution in [0.3, 0.4) is 0 Å². The minimum Gasteiger partial charge on any atom is -0.459 e. The first kappa shape index (κ1) is 13.0. The number of likely N-dealkylation sites (tertiary alicyclic amines) is 1. The molecule has 1 heterocycles. The topological polar surface area (TPSA) is 58.6 Å². The highest BCUT2D eigenvalue weighted by atomic mass is 16.5. The van der Waals surface area contributed by atoms with Crippen LogP contribution < -0.4 is 5.32 Å². The monoisotopic (exact) mass is 228 g/mol. The number of piperidine rings is 1. The standard InChI is InChI=1S/C11H20N2O3/c1-3-16-11(15)10(14)12-8-9-4-6-13(2)7-5-9/h9H,3-8H2,1-2H3,(H,12,14). The van der Waals surface area contributed by atoms with Crippen LogP contribution in [0.1, 0.15) is 19.8 Å². The van der Waals surface area contributed by atoms with E-state index in [1.165, 1.54) is 0 Å². The van der Waals surface area contributed by atoms with Crippen molar-refractivity contribution in [2.24, 2.45) is 5.92 Å². The van der Waals surface area contributed by atoms with Gasteiger partial charge in [0.2, 0.25) is 0 Å². The van der Waals surface area contributed by atoms with Crippen LogP contribution in [0.25, 0.3) is 0 Å². The smallest absolute Gasteiger partial charge is 0.396 e. The van der Waals surface area contributed by atoms with E-state index in [-0.39, 0.29) is 6.61 Å². The lowest BCUT2D eigenvalue weighted by Crippen LogP contribution is -2.39. The number of hydrogen-bond acceptors (Lipinski definition) is 4. The summed E-state index contributed by atoms with van der Waals surface area (Å²) in [6, 6.07) is 0. The quantitative estimate of drug-likeness (QED) is 0.546. The molecule has 5 heteroatoms. The molecule has 0 bridgehead atoms. The van der Waals surface area contributed by atoms with Crippen LogP contribution in [0.5, 0.6) is 0 Å². The number of rotatable bonds is 3. The lowest BCUT2D eigenvalue weighted by atomic mass is 9.97. The molecule has 1 aliphatic heterocycles. The molecule has 92 valence electrons. The van der Waals surface area contributed by atoms with Crippen LogP contribution >= 0.6 is 0 Å². The van der Waals surface area contributed by atoms with Crippen molar-refractivity contribution in [2.45, 2.75) is 19.8 Å². The molecule has 0 radical (unpaired) electrons. The maximum absolute atomic E-state index is 11.2. The highest BCUT2D eigenvalue weighted by molar-refractivity contribution is 6.32. The van der Waals surface area contributed by atoms with E-state index in [2.05, 4.69) is 22.0 Å². The minimum absolute atomic E-state index is 0.237. The van der Waals surface area contributed by atoms with E-state index in [1.54, 1.807) is 6.92 Å². The molecule has 1 amide bonds. The van der Waals surface area contributed by atoms with Gasteiger partial charge in [-0.15, -0.1) is 0 Å². The molecule has 0 spiro atoms. The van der Waals surface area contributed by atoms with Gasteiger partial charge >= 0.3 is 11.9 Å². The van der Waals surface area contributed by atoms with E-state index in [1.807, 2.05) is 0 Å². The summed E-state index contributed by atoms with van der Waals surface area (Å²) in [6.07, 6.45) is 2.14. The Labute approximate surface area is 96.1 Å². The van der Waals surface area contributed by atoms with E-state index in [0.717, 1.165) is 25.9 Å². The van der Waals surface area contributed by atoms with Crippen molar-refractivity contribution in [3.63, 3.8) is 0 Å². The zero-order valence-corrected chi connectivity index (χ0v) is 9.99. The maximum atomic E-state index is 11.2. The third kappa shape index (κ3) is 4.18. The van der Waals surface area contributed by atoms with Crippen LogP contribution in [0.4, 0.5) is 0 Å². The number of carbonyl (C=O) groups is 2. The summed E-state index contributed by atoms with van der Waals surface area (Å²) in [7, 11) is 2.09. The molecule has 16 heavy (non-hydrogen) atoms. The van der Waals surface area contributed by atoms with Crippen LogP contribution in [0.15, 0.2) is 0 Å². The Bertz CT molecular complexity index is 248. The molecule has 0 aromatic rings. The lowest BCUT2D eigenvalue weighted by Gasteiger charge is -2.28. The molecule has 1 rings (SSSR count). The Balaban J connectivity index is 2.19. The van der Waals surface area contributed by atoms with Gasteiger partial charge in [0, 0.05) is 6.54 Å².